The molecule has 2 aromatic rings. The van der Waals surface area contributed by atoms with Crippen molar-refractivity contribution in [1.82, 2.24) is 10.3 Å². The van der Waals surface area contributed by atoms with Gasteiger partial charge in [0.15, 0.2) is 5.11 Å². The summed E-state index contributed by atoms with van der Waals surface area (Å²) in [5, 5.41) is 6.93. The largest absolute Gasteiger partial charge is 0.362 e. The molecule has 0 aliphatic heterocycles. The quantitative estimate of drug-likeness (QED) is 0.499. The summed E-state index contributed by atoms with van der Waals surface area (Å²) >= 11 is 7.09. The van der Waals surface area contributed by atoms with Gasteiger partial charge in [-0.15, -0.1) is 11.8 Å². The summed E-state index contributed by atoms with van der Waals surface area (Å²) in [4.78, 5) is 5.54. The molecule has 0 atom stereocenters. The van der Waals surface area contributed by atoms with Crippen LogP contribution in [0.15, 0.2) is 47.5 Å². The van der Waals surface area contributed by atoms with E-state index in [1.807, 2.05) is 30.8 Å². The minimum absolute atomic E-state index is 0.612. The number of hydrogen-bond acceptors (Lipinski definition) is 3. The lowest BCUT2D eigenvalue weighted by atomic mass is 10.2. The first kappa shape index (κ1) is 15.8. The van der Waals surface area contributed by atoms with E-state index in [-0.39, 0.29) is 0 Å². The van der Waals surface area contributed by atoms with Crippen LogP contribution in [0.3, 0.4) is 0 Å². The third-order valence-corrected chi connectivity index (χ3v) is 4.18. The van der Waals surface area contributed by atoms with Crippen LogP contribution < -0.4 is 10.6 Å². The number of anilines is 1. The van der Waals surface area contributed by atoms with Crippen molar-refractivity contribution in [2.45, 2.75) is 18.7 Å². The molecule has 1 heterocycles. The average Bonchev–Trinajstić information content (AvgIpc) is 2.48. The minimum Gasteiger partial charge on any atom is -0.362 e. The van der Waals surface area contributed by atoms with Crippen molar-refractivity contribution in [3.05, 3.63) is 53.7 Å². The van der Waals surface area contributed by atoms with Gasteiger partial charge in [0.1, 0.15) is 5.82 Å². The maximum atomic E-state index is 5.27. The first-order chi connectivity index (χ1) is 10.1. The lowest BCUT2D eigenvalue weighted by Crippen LogP contribution is -2.30. The smallest absolute Gasteiger partial charge is 0.171 e. The average molecular weight is 317 g/mol. The molecule has 3 nitrogen and oxygen atoms in total. The Bertz CT molecular complexity index is 597. The van der Waals surface area contributed by atoms with Crippen molar-refractivity contribution in [2.75, 3.05) is 17.6 Å². The number of pyridine rings is 1. The SMILES string of the molecule is Cc1ccc(SCCNC(=S)Nc2ncccc2C)cc1. The van der Waals surface area contributed by atoms with Crippen LogP contribution in [0.4, 0.5) is 5.82 Å². The van der Waals surface area contributed by atoms with Crippen molar-refractivity contribution >= 4 is 34.9 Å². The van der Waals surface area contributed by atoms with E-state index >= 15 is 0 Å². The molecule has 1 aromatic carbocycles. The van der Waals surface area contributed by atoms with Gasteiger partial charge in [-0.05, 0) is 49.8 Å². The zero-order valence-electron chi connectivity index (χ0n) is 12.2. The number of aryl methyl sites for hydroxylation is 2. The minimum atomic E-state index is 0.612. The van der Waals surface area contributed by atoms with Crippen LogP contribution in [0.5, 0.6) is 0 Å². The molecule has 5 heteroatoms. The lowest BCUT2D eigenvalue weighted by molar-refractivity contribution is 0.988. The normalized spacial score (nSPS) is 10.2. The fourth-order valence-electron chi connectivity index (χ4n) is 1.74. The van der Waals surface area contributed by atoms with E-state index in [4.69, 9.17) is 12.2 Å². The van der Waals surface area contributed by atoms with Crippen LogP contribution in [0.25, 0.3) is 0 Å². The van der Waals surface area contributed by atoms with E-state index in [1.165, 1.54) is 10.5 Å². The van der Waals surface area contributed by atoms with Crippen LogP contribution in [0.2, 0.25) is 0 Å². The highest BCUT2D eigenvalue weighted by Gasteiger charge is 2.01. The zero-order valence-corrected chi connectivity index (χ0v) is 13.9. The van der Waals surface area contributed by atoms with Gasteiger partial charge >= 0.3 is 0 Å². The zero-order chi connectivity index (χ0) is 15.1. The van der Waals surface area contributed by atoms with E-state index in [2.05, 4.69) is 46.8 Å². The van der Waals surface area contributed by atoms with Gasteiger partial charge in [-0.25, -0.2) is 4.98 Å². The summed E-state index contributed by atoms with van der Waals surface area (Å²) in [5.74, 6) is 1.77. The van der Waals surface area contributed by atoms with E-state index in [0.717, 1.165) is 23.7 Å². The maximum absolute atomic E-state index is 5.27. The Morgan fingerprint density at radius 3 is 2.67 bits per heavy atom. The molecule has 0 aliphatic rings. The summed E-state index contributed by atoms with van der Waals surface area (Å²) in [5.41, 5.74) is 2.37. The van der Waals surface area contributed by atoms with Gasteiger partial charge in [0.05, 0.1) is 0 Å². The van der Waals surface area contributed by atoms with Crippen LogP contribution in [0.1, 0.15) is 11.1 Å². The van der Waals surface area contributed by atoms with Gasteiger partial charge in [-0.3, -0.25) is 0 Å². The van der Waals surface area contributed by atoms with E-state index in [1.54, 1.807) is 6.20 Å². The van der Waals surface area contributed by atoms with E-state index in [0.29, 0.717) is 5.11 Å². The standard InChI is InChI=1S/C16H19N3S2/c1-12-5-7-14(8-6-12)21-11-10-18-16(20)19-15-13(2)4-3-9-17-15/h3-9H,10-11H2,1-2H3,(H2,17,18,19,20). The molecule has 0 saturated heterocycles. The Hall–Kier alpha value is -1.59. The van der Waals surface area contributed by atoms with Crippen molar-refractivity contribution in [3.8, 4) is 0 Å². The van der Waals surface area contributed by atoms with Crippen LogP contribution in [-0.2, 0) is 0 Å². The van der Waals surface area contributed by atoms with Gasteiger partial charge in [0.25, 0.3) is 0 Å². The van der Waals surface area contributed by atoms with Crippen LogP contribution >= 0.6 is 24.0 Å². The molecule has 0 aliphatic carbocycles. The van der Waals surface area contributed by atoms with Gasteiger partial charge < -0.3 is 10.6 Å². The van der Waals surface area contributed by atoms with Crippen LogP contribution in [0, 0.1) is 13.8 Å². The molecule has 0 saturated carbocycles. The summed E-state index contributed by atoms with van der Waals surface area (Å²) in [6.07, 6.45) is 1.76. The first-order valence-corrected chi connectivity index (χ1v) is 8.20. The molecule has 110 valence electrons. The van der Waals surface area contributed by atoms with Crippen molar-refractivity contribution in [3.63, 3.8) is 0 Å². The lowest BCUT2D eigenvalue weighted by Gasteiger charge is -2.11. The highest BCUT2D eigenvalue weighted by atomic mass is 32.2. The summed E-state index contributed by atoms with van der Waals surface area (Å²) in [6, 6.07) is 12.5. The number of nitrogens with one attached hydrogen (secondary N) is 2. The molecule has 0 spiro atoms. The Morgan fingerprint density at radius 1 is 1.19 bits per heavy atom. The summed E-state index contributed by atoms with van der Waals surface area (Å²) < 4.78 is 0. The topological polar surface area (TPSA) is 37.0 Å². The van der Waals surface area contributed by atoms with Crippen LogP contribution in [-0.4, -0.2) is 22.4 Å². The predicted octanol–water partition coefficient (Wildman–Crippen LogP) is 3.78. The molecule has 0 unspecified atom stereocenters. The summed E-state index contributed by atoms with van der Waals surface area (Å²) in [6.45, 7) is 4.92. The maximum Gasteiger partial charge on any atom is 0.171 e. The monoisotopic (exact) mass is 317 g/mol. The molecule has 0 bridgehead atoms. The number of nitrogens with zero attached hydrogens (tertiary/aromatic N) is 1. The number of hydrogen-bond donors (Lipinski definition) is 2. The Kier molecular flexibility index (Phi) is 6.02. The number of thioether (sulfide) groups is 1. The molecular formula is C16H19N3S2. The van der Waals surface area contributed by atoms with Gasteiger partial charge in [0, 0.05) is 23.4 Å². The number of rotatable bonds is 5. The molecule has 0 radical (unpaired) electrons. The van der Waals surface area contributed by atoms with E-state index in [9.17, 15) is 0 Å². The highest BCUT2D eigenvalue weighted by molar-refractivity contribution is 7.99. The van der Waals surface area contributed by atoms with E-state index < -0.39 is 0 Å². The van der Waals surface area contributed by atoms with Crippen molar-refractivity contribution < 1.29 is 0 Å². The van der Waals surface area contributed by atoms with Crippen molar-refractivity contribution in [1.29, 1.82) is 0 Å². The highest BCUT2D eigenvalue weighted by Crippen LogP contribution is 2.17. The van der Waals surface area contributed by atoms with Crippen molar-refractivity contribution in [2.24, 2.45) is 0 Å². The molecule has 0 amide bonds. The molecule has 0 fully saturated rings. The molecular weight excluding hydrogens is 298 g/mol. The molecule has 1 aromatic heterocycles. The molecule has 2 rings (SSSR count). The Morgan fingerprint density at radius 2 is 1.95 bits per heavy atom. The number of benzene rings is 1. The third-order valence-electron chi connectivity index (χ3n) is 2.92. The second kappa shape index (κ2) is 8.00. The second-order valence-corrected chi connectivity index (χ2v) is 6.29. The molecule has 2 N–H and O–H groups in total. The Balaban J connectivity index is 1.70. The predicted molar refractivity (Wildman–Crippen MR) is 95.1 cm³/mol. The fraction of sp³-hybridized carbons (Fsp3) is 0.250. The molecule has 21 heavy (non-hydrogen) atoms. The Labute approximate surface area is 135 Å². The fourth-order valence-corrected chi connectivity index (χ4v) is 2.70. The summed E-state index contributed by atoms with van der Waals surface area (Å²) in [7, 11) is 0. The number of thiocarbonyl (C=S) groups is 1. The first-order valence-electron chi connectivity index (χ1n) is 6.81. The number of aromatic nitrogens is 1. The second-order valence-electron chi connectivity index (χ2n) is 4.71. The van der Waals surface area contributed by atoms with Gasteiger partial charge in [-0.1, -0.05) is 23.8 Å². The third kappa shape index (κ3) is 5.36. The van der Waals surface area contributed by atoms with Gasteiger partial charge in [-0.2, -0.15) is 0 Å². The van der Waals surface area contributed by atoms with Gasteiger partial charge in [0.2, 0.25) is 0 Å².